The molecular weight excluding hydrogens is 386 g/mol. The van der Waals surface area contributed by atoms with Crippen LogP contribution in [0.3, 0.4) is 0 Å². The molecular formula is C23H29NO6. The molecule has 7 nitrogen and oxygen atoms in total. The second kappa shape index (κ2) is 6.95. The van der Waals surface area contributed by atoms with Gasteiger partial charge in [0.2, 0.25) is 5.78 Å². The van der Waals surface area contributed by atoms with E-state index in [4.69, 9.17) is 10.5 Å². The van der Waals surface area contributed by atoms with Crippen molar-refractivity contribution in [2.24, 2.45) is 34.3 Å². The van der Waals surface area contributed by atoms with Gasteiger partial charge in [0, 0.05) is 23.2 Å². The molecule has 7 heteroatoms. The van der Waals surface area contributed by atoms with Crippen molar-refractivity contribution in [1.29, 1.82) is 0 Å². The van der Waals surface area contributed by atoms with Crippen LogP contribution in [-0.4, -0.2) is 47.2 Å². The van der Waals surface area contributed by atoms with E-state index in [1.54, 1.807) is 12.2 Å². The van der Waals surface area contributed by atoms with E-state index < -0.39 is 34.8 Å². The number of hydrogen-bond acceptors (Lipinski definition) is 7. The van der Waals surface area contributed by atoms with Gasteiger partial charge in [0.05, 0.1) is 6.54 Å². The molecule has 0 heterocycles. The topological polar surface area (TPSA) is 124 Å². The van der Waals surface area contributed by atoms with E-state index in [2.05, 4.69) is 0 Å². The Bertz CT molecular complexity index is 890. The molecule has 0 bridgehead atoms. The Morgan fingerprint density at radius 2 is 2.00 bits per heavy atom. The van der Waals surface area contributed by atoms with Gasteiger partial charge in [0.1, 0.15) is 11.4 Å². The van der Waals surface area contributed by atoms with Crippen molar-refractivity contribution in [3.05, 3.63) is 23.8 Å². The zero-order chi connectivity index (χ0) is 21.9. The Hall–Kier alpha value is -2.12. The van der Waals surface area contributed by atoms with Crippen LogP contribution in [0.5, 0.6) is 0 Å². The number of carbonyl (C=O) groups is 4. The lowest BCUT2D eigenvalue weighted by molar-refractivity contribution is -0.172. The van der Waals surface area contributed by atoms with Crippen LogP contribution in [0.25, 0.3) is 0 Å². The number of esters is 1. The molecule has 3 N–H and O–H groups in total. The highest BCUT2D eigenvalue weighted by molar-refractivity contribution is 6.02. The van der Waals surface area contributed by atoms with Crippen molar-refractivity contribution in [2.45, 2.75) is 51.6 Å². The van der Waals surface area contributed by atoms with Crippen LogP contribution in [0.2, 0.25) is 0 Å². The number of ketones is 3. The third-order valence-electron chi connectivity index (χ3n) is 8.40. The highest BCUT2D eigenvalue weighted by Crippen LogP contribution is 2.66. The van der Waals surface area contributed by atoms with Gasteiger partial charge in [-0.1, -0.05) is 25.5 Å². The summed E-state index contributed by atoms with van der Waals surface area (Å²) in [7, 11) is 0. The summed E-state index contributed by atoms with van der Waals surface area (Å²) in [5.41, 5.74) is 3.13. The fourth-order valence-electron chi connectivity index (χ4n) is 6.82. The van der Waals surface area contributed by atoms with Gasteiger partial charge < -0.3 is 15.6 Å². The van der Waals surface area contributed by atoms with Crippen molar-refractivity contribution < 1.29 is 29.0 Å². The van der Waals surface area contributed by atoms with Crippen LogP contribution >= 0.6 is 0 Å². The lowest BCUT2D eigenvalue weighted by Gasteiger charge is -2.56. The van der Waals surface area contributed by atoms with Crippen LogP contribution < -0.4 is 5.73 Å². The minimum Gasteiger partial charge on any atom is -0.457 e. The average molecular weight is 415 g/mol. The lowest BCUT2D eigenvalue weighted by atomic mass is 9.46. The quantitative estimate of drug-likeness (QED) is 0.663. The summed E-state index contributed by atoms with van der Waals surface area (Å²) in [6, 6.07) is 0. The van der Waals surface area contributed by atoms with Crippen LogP contribution in [0.15, 0.2) is 23.8 Å². The average Bonchev–Trinajstić information content (AvgIpc) is 2.97. The zero-order valence-corrected chi connectivity index (χ0v) is 17.5. The maximum absolute atomic E-state index is 13.5. The van der Waals surface area contributed by atoms with Gasteiger partial charge in [-0.3, -0.25) is 19.2 Å². The number of ether oxygens (including phenoxy) is 1. The molecule has 0 aromatic rings. The summed E-state index contributed by atoms with van der Waals surface area (Å²) in [4.78, 5) is 49.6. The standard InChI is InChI=1S/C23H29NO6/c1-21-7-5-14(25)9-13(21)3-4-15-16-6-8-23(29,18(27)12-30-19(28)11-24)22(16,2)10-17(26)20(15)21/h5,7,9,15-16,20,29H,3-4,6,8,10-12,24H2,1-2H3/t15-,16-,20+,21-,22-,23-/m0/s1. The van der Waals surface area contributed by atoms with Gasteiger partial charge in [0.15, 0.2) is 12.4 Å². The minimum absolute atomic E-state index is 0.00348. The molecule has 3 fully saturated rings. The van der Waals surface area contributed by atoms with E-state index in [-0.39, 0.29) is 48.7 Å². The number of allylic oxidation sites excluding steroid dienone is 4. The van der Waals surface area contributed by atoms with Crippen molar-refractivity contribution in [2.75, 3.05) is 13.2 Å². The first-order chi connectivity index (χ1) is 14.1. The molecule has 4 aliphatic rings. The molecule has 6 atom stereocenters. The summed E-state index contributed by atoms with van der Waals surface area (Å²) >= 11 is 0. The Labute approximate surface area is 175 Å². The maximum atomic E-state index is 13.5. The first-order valence-electron chi connectivity index (χ1n) is 10.6. The van der Waals surface area contributed by atoms with Gasteiger partial charge in [0.25, 0.3) is 0 Å². The molecule has 30 heavy (non-hydrogen) atoms. The summed E-state index contributed by atoms with van der Waals surface area (Å²) in [6.07, 6.45) is 7.55. The fourth-order valence-corrected chi connectivity index (χ4v) is 6.82. The highest BCUT2D eigenvalue weighted by Gasteiger charge is 2.68. The zero-order valence-electron chi connectivity index (χ0n) is 17.5. The van der Waals surface area contributed by atoms with E-state index >= 15 is 0 Å². The maximum Gasteiger partial charge on any atom is 0.320 e. The third kappa shape index (κ3) is 2.78. The van der Waals surface area contributed by atoms with Crippen molar-refractivity contribution in [1.82, 2.24) is 0 Å². The number of carbonyl (C=O) groups excluding carboxylic acids is 4. The third-order valence-corrected chi connectivity index (χ3v) is 8.40. The Kier molecular flexibility index (Phi) is 4.90. The predicted molar refractivity (Wildman–Crippen MR) is 107 cm³/mol. The van der Waals surface area contributed by atoms with Crippen LogP contribution in [0.4, 0.5) is 0 Å². The molecule has 0 saturated heterocycles. The Morgan fingerprint density at radius 1 is 1.27 bits per heavy atom. The molecule has 0 spiro atoms. The van der Waals surface area contributed by atoms with E-state index in [1.165, 1.54) is 0 Å². The summed E-state index contributed by atoms with van der Waals surface area (Å²) in [5, 5.41) is 11.4. The molecule has 4 rings (SSSR count). The monoisotopic (exact) mass is 415 g/mol. The molecule has 3 saturated carbocycles. The van der Waals surface area contributed by atoms with Gasteiger partial charge in [-0.15, -0.1) is 0 Å². The molecule has 0 unspecified atom stereocenters. The van der Waals surface area contributed by atoms with E-state index in [0.717, 1.165) is 18.4 Å². The molecule has 0 aliphatic heterocycles. The van der Waals surface area contributed by atoms with Crippen molar-refractivity contribution >= 4 is 23.3 Å². The van der Waals surface area contributed by atoms with E-state index in [0.29, 0.717) is 6.42 Å². The van der Waals surface area contributed by atoms with E-state index in [9.17, 15) is 24.3 Å². The number of rotatable bonds is 4. The summed E-state index contributed by atoms with van der Waals surface area (Å²) in [6.45, 7) is 2.98. The van der Waals surface area contributed by atoms with Crippen LogP contribution in [0, 0.1) is 28.6 Å². The van der Waals surface area contributed by atoms with Gasteiger partial charge in [-0.2, -0.15) is 0 Å². The fraction of sp³-hybridized carbons (Fsp3) is 0.652. The van der Waals surface area contributed by atoms with Crippen molar-refractivity contribution in [3.63, 3.8) is 0 Å². The summed E-state index contributed by atoms with van der Waals surface area (Å²) < 4.78 is 4.88. The Morgan fingerprint density at radius 3 is 2.70 bits per heavy atom. The lowest BCUT2D eigenvalue weighted by Crippen LogP contribution is -2.60. The normalized spacial score (nSPS) is 42.1. The molecule has 162 valence electrons. The van der Waals surface area contributed by atoms with E-state index in [1.807, 2.05) is 19.9 Å². The molecule has 0 aromatic carbocycles. The largest absolute Gasteiger partial charge is 0.457 e. The van der Waals surface area contributed by atoms with Gasteiger partial charge in [-0.25, -0.2) is 0 Å². The molecule has 0 aromatic heterocycles. The molecule has 0 amide bonds. The molecule has 0 radical (unpaired) electrons. The highest BCUT2D eigenvalue weighted by atomic mass is 16.5. The van der Waals surface area contributed by atoms with Gasteiger partial charge >= 0.3 is 5.97 Å². The first-order valence-corrected chi connectivity index (χ1v) is 10.6. The van der Waals surface area contributed by atoms with Crippen LogP contribution in [-0.2, 0) is 23.9 Å². The van der Waals surface area contributed by atoms with Crippen molar-refractivity contribution in [3.8, 4) is 0 Å². The second-order valence-corrected chi connectivity index (χ2v) is 9.72. The number of aliphatic hydroxyl groups is 1. The van der Waals surface area contributed by atoms with Crippen LogP contribution in [0.1, 0.15) is 46.0 Å². The first kappa shape index (κ1) is 21.1. The number of hydrogen-bond donors (Lipinski definition) is 2. The number of fused-ring (bicyclic) bond motifs is 5. The summed E-state index contributed by atoms with van der Waals surface area (Å²) in [5.74, 6) is -1.50. The number of nitrogens with two attached hydrogens (primary N) is 1. The minimum atomic E-state index is -1.71. The van der Waals surface area contributed by atoms with Gasteiger partial charge in [-0.05, 0) is 49.7 Å². The second-order valence-electron chi connectivity index (χ2n) is 9.72. The molecule has 4 aliphatic carbocycles. The SMILES string of the molecule is C[C@]12C=CC(=O)C=C1CC[C@@H]1[C@@H]2C(=O)C[C@@]2(C)[C@H]1CC[C@]2(O)C(=O)COC(=O)CN. The number of Topliss-reactive ketones (excluding diaryl/α,β-unsaturated/α-hetero) is 2. The Balaban J connectivity index is 1.64. The smallest absolute Gasteiger partial charge is 0.320 e. The predicted octanol–water partition coefficient (Wildman–Crippen LogP) is 1.28.